The molecule has 3 rings (SSSR count). The van der Waals surface area contributed by atoms with Crippen LogP contribution in [0.15, 0.2) is 72.8 Å². The highest BCUT2D eigenvalue weighted by Crippen LogP contribution is 2.28. The number of nitrogens with one attached hydrogen (secondary N) is 1. The molecule has 0 fully saturated rings. The van der Waals surface area contributed by atoms with Gasteiger partial charge in [-0.25, -0.2) is 0 Å². The first-order valence-corrected chi connectivity index (χ1v) is 11.4. The molecule has 0 saturated carbocycles. The number of ether oxygens (including phenoxy) is 3. The molecule has 3 aromatic carbocycles. The van der Waals surface area contributed by atoms with Gasteiger partial charge in [0.15, 0.2) is 11.5 Å². The van der Waals surface area contributed by atoms with Crippen LogP contribution in [0, 0.1) is 0 Å². The monoisotopic (exact) mass is 476 g/mol. The van der Waals surface area contributed by atoms with E-state index in [0.717, 1.165) is 22.4 Å². The van der Waals surface area contributed by atoms with E-state index < -0.39 is 6.04 Å². The quantitative estimate of drug-likeness (QED) is 0.453. The van der Waals surface area contributed by atoms with Crippen LogP contribution in [0.5, 0.6) is 17.2 Å². The van der Waals surface area contributed by atoms with Gasteiger partial charge in [-0.15, -0.1) is 0 Å². The van der Waals surface area contributed by atoms with Gasteiger partial charge in [0.05, 0.1) is 27.8 Å². The fourth-order valence-electron chi connectivity index (χ4n) is 3.71. The second-order valence-corrected chi connectivity index (χ2v) is 8.12. The van der Waals surface area contributed by atoms with Crippen molar-refractivity contribution >= 4 is 11.8 Å². The Balaban J connectivity index is 1.74. The normalized spacial score (nSPS) is 11.3. The summed E-state index contributed by atoms with van der Waals surface area (Å²) in [6, 6.07) is 21.8. The first kappa shape index (κ1) is 25.6. The van der Waals surface area contributed by atoms with Crippen LogP contribution in [0.2, 0.25) is 0 Å². The second kappa shape index (κ2) is 12.5. The summed E-state index contributed by atoms with van der Waals surface area (Å²) in [7, 11) is 4.73. The van der Waals surface area contributed by atoms with Gasteiger partial charge in [0, 0.05) is 13.1 Å². The van der Waals surface area contributed by atoms with E-state index in [1.165, 1.54) is 0 Å². The molecule has 0 radical (unpaired) electrons. The molecule has 1 atom stereocenters. The second-order valence-electron chi connectivity index (χ2n) is 8.12. The number of hydrogen-bond acceptors (Lipinski definition) is 5. The van der Waals surface area contributed by atoms with Crippen LogP contribution in [-0.2, 0) is 29.1 Å². The largest absolute Gasteiger partial charge is 0.497 e. The summed E-state index contributed by atoms with van der Waals surface area (Å²) in [6.45, 7) is 2.43. The summed E-state index contributed by atoms with van der Waals surface area (Å²) >= 11 is 0. The number of methoxy groups -OCH3 is 3. The minimum Gasteiger partial charge on any atom is -0.497 e. The van der Waals surface area contributed by atoms with Crippen LogP contribution in [0.25, 0.3) is 0 Å². The molecule has 0 spiro atoms. The molecule has 0 saturated heterocycles. The van der Waals surface area contributed by atoms with Crippen molar-refractivity contribution < 1.29 is 23.8 Å². The fraction of sp³-hybridized carbons (Fsp3) is 0.286. The zero-order valence-electron chi connectivity index (χ0n) is 20.6. The van der Waals surface area contributed by atoms with Crippen molar-refractivity contribution in [3.63, 3.8) is 0 Å². The van der Waals surface area contributed by atoms with E-state index >= 15 is 0 Å². The van der Waals surface area contributed by atoms with Gasteiger partial charge in [-0.05, 0) is 47.9 Å². The Hall–Kier alpha value is -4.00. The summed E-state index contributed by atoms with van der Waals surface area (Å²) in [6.07, 6.45) is 0.128. The Morgan fingerprint density at radius 2 is 1.46 bits per heavy atom. The highest BCUT2D eigenvalue weighted by Gasteiger charge is 2.26. The van der Waals surface area contributed by atoms with E-state index in [1.54, 1.807) is 45.3 Å². The lowest BCUT2D eigenvalue weighted by molar-refractivity contribution is -0.140. The summed E-state index contributed by atoms with van der Waals surface area (Å²) in [4.78, 5) is 28.1. The zero-order valence-corrected chi connectivity index (χ0v) is 20.6. The third-order valence-electron chi connectivity index (χ3n) is 5.79. The molecular weight excluding hydrogens is 444 g/mol. The van der Waals surface area contributed by atoms with E-state index in [-0.39, 0.29) is 18.2 Å². The third-order valence-corrected chi connectivity index (χ3v) is 5.79. The molecule has 184 valence electrons. The molecule has 0 unspecified atom stereocenters. The van der Waals surface area contributed by atoms with Crippen LogP contribution in [-0.4, -0.2) is 44.1 Å². The molecule has 7 heteroatoms. The molecule has 3 aromatic rings. The van der Waals surface area contributed by atoms with E-state index in [0.29, 0.717) is 24.6 Å². The Labute approximate surface area is 206 Å². The lowest BCUT2D eigenvalue weighted by atomic mass is 10.1. The van der Waals surface area contributed by atoms with Crippen molar-refractivity contribution in [3.05, 3.63) is 89.5 Å². The number of nitrogens with zero attached hydrogens (tertiary/aromatic N) is 1. The maximum Gasteiger partial charge on any atom is 0.242 e. The molecule has 0 aromatic heterocycles. The van der Waals surface area contributed by atoms with Crippen molar-refractivity contribution in [2.75, 3.05) is 21.3 Å². The molecule has 0 heterocycles. The van der Waals surface area contributed by atoms with Crippen LogP contribution in [0.4, 0.5) is 0 Å². The van der Waals surface area contributed by atoms with Gasteiger partial charge in [0.2, 0.25) is 11.8 Å². The number of benzene rings is 3. The SMILES string of the molecule is COc1ccc(CNC(=O)[C@@H](C)N(Cc2ccccc2)C(=O)Cc2ccc(OC)c(OC)c2)cc1. The number of carbonyl (C=O) groups is 2. The van der Waals surface area contributed by atoms with Crippen molar-refractivity contribution in [1.29, 1.82) is 0 Å². The van der Waals surface area contributed by atoms with Crippen LogP contribution in [0.3, 0.4) is 0 Å². The van der Waals surface area contributed by atoms with Crippen molar-refractivity contribution in [3.8, 4) is 17.2 Å². The summed E-state index contributed by atoms with van der Waals surface area (Å²) in [5, 5.41) is 2.94. The van der Waals surface area contributed by atoms with Gasteiger partial charge in [0.1, 0.15) is 11.8 Å². The smallest absolute Gasteiger partial charge is 0.242 e. The lowest BCUT2D eigenvalue weighted by Gasteiger charge is -2.29. The van der Waals surface area contributed by atoms with E-state index in [4.69, 9.17) is 14.2 Å². The first-order chi connectivity index (χ1) is 16.9. The fourth-order valence-corrected chi connectivity index (χ4v) is 3.71. The van der Waals surface area contributed by atoms with Gasteiger partial charge >= 0.3 is 0 Å². The number of amides is 2. The summed E-state index contributed by atoms with van der Waals surface area (Å²) < 4.78 is 15.8. The molecule has 35 heavy (non-hydrogen) atoms. The van der Waals surface area contributed by atoms with Crippen LogP contribution >= 0.6 is 0 Å². The van der Waals surface area contributed by atoms with Crippen molar-refractivity contribution in [2.45, 2.75) is 32.5 Å². The van der Waals surface area contributed by atoms with Crippen molar-refractivity contribution in [1.82, 2.24) is 10.2 Å². The average molecular weight is 477 g/mol. The maximum absolute atomic E-state index is 13.4. The zero-order chi connectivity index (χ0) is 25.2. The standard InChI is InChI=1S/C28H32N2O5/c1-20(28(32)29-18-21-10-13-24(33-2)14-11-21)30(19-22-8-6-5-7-9-22)27(31)17-23-12-15-25(34-3)26(16-23)35-4/h5-16,20H,17-19H2,1-4H3,(H,29,32)/t20-/m1/s1. The Bertz CT molecular complexity index is 1120. The number of rotatable bonds is 11. The molecule has 1 N–H and O–H groups in total. The molecular formula is C28H32N2O5. The average Bonchev–Trinajstić information content (AvgIpc) is 2.90. The third kappa shape index (κ3) is 6.99. The topological polar surface area (TPSA) is 77.1 Å². The molecule has 0 bridgehead atoms. The van der Waals surface area contributed by atoms with E-state index in [2.05, 4.69) is 5.32 Å². The van der Waals surface area contributed by atoms with Gasteiger partial charge < -0.3 is 24.4 Å². The first-order valence-electron chi connectivity index (χ1n) is 11.4. The maximum atomic E-state index is 13.4. The number of hydrogen-bond donors (Lipinski definition) is 1. The predicted octanol–water partition coefficient (Wildman–Crippen LogP) is 3.99. The van der Waals surface area contributed by atoms with Crippen molar-refractivity contribution in [2.24, 2.45) is 0 Å². The molecule has 0 aliphatic rings. The Morgan fingerprint density at radius 3 is 2.09 bits per heavy atom. The lowest BCUT2D eigenvalue weighted by Crippen LogP contribution is -2.47. The molecule has 0 aliphatic heterocycles. The summed E-state index contributed by atoms with van der Waals surface area (Å²) in [5.41, 5.74) is 2.66. The Morgan fingerprint density at radius 1 is 0.800 bits per heavy atom. The number of carbonyl (C=O) groups excluding carboxylic acids is 2. The molecule has 7 nitrogen and oxygen atoms in total. The Kier molecular flexibility index (Phi) is 9.12. The minimum atomic E-state index is -0.666. The minimum absolute atomic E-state index is 0.128. The van der Waals surface area contributed by atoms with E-state index in [1.807, 2.05) is 60.7 Å². The highest BCUT2D eigenvalue weighted by molar-refractivity contribution is 5.88. The van der Waals surface area contributed by atoms with E-state index in [9.17, 15) is 9.59 Å². The molecule has 2 amide bonds. The molecule has 0 aliphatic carbocycles. The van der Waals surface area contributed by atoms with Crippen LogP contribution < -0.4 is 19.5 Å². The predicted molar refractivity (Wildman–Crippen MR) is 135 cm³/mol. The van der Waals surface area contributed by atoms with Gasteiger partial charge in [0.25, 0.3) is 0 Å². The highest BCUT2D eigenvalue weighted by atomic mass is 16.5. The van der Waals surface area contributed by atoms with Gasteiger partial charge in [-0.3, -0.25) is 9.59 Å². The van der Waals surface area contributed by atoms with Gasteiger partial charge in [-0.1, -0.05) is 48.5 Å². The summed E-state index contributed by atoms with van der Waals surface area (Å²) in [5.74, 6) is 1.52. The van der Waals surface area contributed by atoms with Crippen LogP contribution in [0.1, 0.15) is 23.6 Å². The van der Waals surface area contributed by atoms with Gasteiger partial charge in [-0.2, -0.15) is 0 Å².